The molecule has 0 radical (unpaired) electrons. The van der Waals surface area contributed by atoms with Gasteiger partial charge in [-0.05, 0) is 70.1 Å². The van der Waals surface area contributed by atoms with Crippen molar-refractivity contribution < 1.29 is 4.74 Å². The maximum Gasteiger partial charge on any atom is 0.326 e. The van der Waals surface area contributed by atoms with E-state index in [4.69, 9.17) is 4.74 Å². The minimum Gasteiger partial charge on any atom is -0.381 e. The zero-order valence-corrected chi connectivity index (χ0v) is 16.3. The van der Waals surface area contributed by atoms with Crippen molar-refractivity contribution in [3.8, 4) is 0 Å². The Morgan fingerprint density at radius 2 is 2.00 bits per heavy atom. The maximum absolute atomic E-state index is 12.5. The second kappa shape index (κ2) is 6.86. The number of nitrogens with one attached hydrogen (secondary N) is 1. The van der Waals surface area contributed by atoms with Gasteiger partial charge in [-0.2, -0.15) is 0 Å². The molecule has 5 heteroatoms. The molecule has 4 rings (SSSR count). The molecule has 1 aromatic heterocycles. The summed E-state index contributed by atoms with van der Waals surface area (Å²) in [5.41, 5.74) is 3.57. The fourth-order valence-corrected chi connectivity index (χ4v) is 5.10. The number of nitrogens with zero attached hydrogens (tertiary/aromatic N) is 2. The lowest BCUT2D eigenvalue weighted by atomic mass is 9.68. The van der Waals surface area contributed by atoms with Gasteiger partial charge in [0.1, 0.15) is 0 Å². The average molecular weight is 357 g/mol. The van der Waals surface area contributed by atoms with E-state index in [1.54, 1.807) is 0 Å². The lowest BCUT2D eigenvalue weighted by molar-refractivity contribution is -0.0565. The Morgan fingerprint density at radius 1 is 1.27 bits per heavy atom. The highest BCUT2D eigenvalue weighted by Gasteiger charge is 2.45. The molecule has 0 unspecified atom stereocenters. The van der Waals surface area contributed by atoms with Crippen LogP contribution in [0.15, 0.2) is 23.0 Å². The number of hydrogen-bond acceptors (Lipinski definition) is 3. The second-order valence-electron chi connectivity index (χ2n) is 8.47. The van der Waals surface area contributed by atoms with Crippen molar-refractivity contribution in [2.75, 3.05) is 26.3 Å². The normalized spacial score (nSPS) is 27.7. The molecule has 0 bridgehead atoms. The van der Waals surface area contributed by atoms with Gasteiger partial charge in [0.15, 0.2) is 0 Å². The lowest BCUT2D eigenvalue weighted by Crippen LogP contribution is -2.58. The number of aromatic amines is 1. The third kappa shape index (κ3) is 3.12. The fourth-order valence-electron chi connectivity index (χ4n) is 5.10. The van der Waals surface area contributed by atoms with E-state index >= 15 is 0 Å². The highest BCUT2D eigenvalue weighted by atomic mass is 16.5. The number of benzene rings is 1. The summed E-state index contributed by atoms with van der Waals surface area (Å²) in [5.74, 6) is 0.719. The Bertz CT molecular complexity index is 823. The lowest BCUT2D eigenvalue weighted by Gasteiger charge is -2.54. The Balaban J connectivity index is 1.43. The SMILES string of the molecule is CCOC[C@H]1C[C@@](C)(N2CCC(n3c(=O)[nH]c4ccc(C)cc43)CC2)C1. The van der Waals surface area contributed by atoms with Gasteiger partial charge in [0.2, 0.25) is 0 Å². The summed E-state index contributed by atoms with van der Waals surface area (Å²) in [5, 5.41) is 0. The van der Waals surface area contributed by atoms with Crippen LogP contribution in [-0.4, -0.2) is 46.3 Å². The van der Waals surface area contributed by atoms with E-state index in [2.05, 4.69) is 42.8 Å². The Morgan fingerprint density at radius 3 is 2.69 bits per heavy atom. The summed E-state index contributed by atoms with van der Waals surface area (Å²) < 4.78 is 7.59. The molecule has 0 amide bonds. The molecule has 2 heterocycles. The molecule has 1 aliphatic carbocycles. The molecule has 0 atom stereocenters. The number of rotatable bonds is 5. The van der Waals surface area contributed by atoms with Crippen molar-refractivity contribution in [1.82, 2.24) is 14.5 Å². The van der Waals surface area contributed by atoms with Crippen molar-refractivity contribution in [3.63, 3.8) is 0 Å². The van der Waals surface area contributed by atoms with Crippen LogP contribution in [0.4, 0.5) is 0 Å². The van der Waals surface area contributed by atoms with Crippen LogP contribution in [-0.2, 0) is 4.74 Å². The summed E-state index contributed by atoms with van der Waals surface area (Å²) in [6.45, 7) is 10.4. The maximum atomic E-state index is 12.5. The Hall–Kier alpha value is -1.59. The van der Waals surface area contributed by atoms with Crippen LogP contribution in [0, 0.1) is 12.8 Å². The number of aryl methyl sites for hydroxylation is 1. The van der Waals surface area contributed by atoms with E-state index in [1.807, 2.05) is 10.6 Å². The predicted octanol–water partition coefficient (Wildman–Crippen LogP) is 3.48. The molecule has 142 valence electrons. The van der Waals surface area contributed by atoms with Crippen molar-refractivity contribution >= 4 is 11.0 Å². The summed E-state index contributed by atoms with van der Waals surface area (Å²) in [4.78, 5) is 18.2. The molecule has 2 fully saturated rings. The third-order valence-corrected chi connectivity index (χ3v) is 6.48. The first-order valence-corrected chi connectivity index (χ1v) is 10.0. The third-order valence-electron chi connectivity index (χ3n) is 6.48. The Labute approximate surface area is 155 Å². The standard InChI is InChI=1S/C21H31N3O2/c1-4-26-14-16-12-21(3,13-16)23-9-7-17(8-10-23)24-19-11-15(2)5-6-18(19)22-20(24)25/h5-6,11,16-17H,4,7-10,12-14H2,1-3H3,(H,22,25)/t16-,21+. The van der Waals surface area contributed by atoms with Gasteiger partial charge in [0, 0.05) is 37.9 Å². The first-order chi connectivity index (χ1) is 12.5. The number of hydrogen-bond donors (Lipinski definition) is 1. The van der Waals surface area contributed by atoms with E-state index in [-0.39, 0.29) is 5.69 Å². The fraction of sp³-hybridized carbons (Fsp3) is 0.667. The zero-order valence-electron chi connectivity index (χ0n) is 16.3. The molecule has 2 aliphatic rings. The Kier molecular flexibility index (Phi) is 4.70. The van der Waals surface area contributed by atoms with Crippen molar-refractivity contribution in [2.24, 2.45) is 5.92 Å². The van der Waals surface area contributed by atoms with E-state index < -0.39 is 0 Å². The van der Waals surface area contributed by atoms with Gasteiger partial charge in [-0.1, -0.05) is 6.07 Å². The first-order valence-electron chi connectivity index (χ1n) is 10.0. The zero-order chi connectivity index (χ0) is 18.3. The number of piperidine rings is 1. The highest BCUT2D eigenvalue weighted by Crippen LogP contribution is 2.44. The quantitative estimate of drug-likeness (QED) is 0.891. The van der Waals surface area contributed by atoms with Crippen LogP contribution in [0.5, 0.6) is 0 Å². The van der Waals surface area contributed by atoms with Crippen molar-refractivity contribution in [1.29, 1.82) is 0 Å². The van der Waals surface area contributed by atoms with Gasteiger partial charge < -0.3 is 9.72 Å². The van der Waals surface area contributed by atoms with Gasteiger partial charge in [-0.15, -0.1) is 0 Å². The minimum absolute atomic E-state index is 0.0377. The van der Waals surface area contributed by atoms with Crippen LogP contribution < -0.4 is 5.69 Å². The van der Waals surface area contributed by atoms with E-state index in [9.17, 15) is 4.79 Å². The van der Waals surface area contributed by atoms with Gasteiger partial charge in [-0.25, -0.2) is 4.79 Å². The van der Waals surface area contributed by atoms with Gasteiger partial charge in [-0.3, -0.25) is 9.47 Å². The molecule has 1 aromatic carbocycles. The molecule has 1 N–H and O–H groups in total. The average Bonchev–Trinajstić information content (AvgIpc) is 2.93. The molecule has 5 nitrogen and oxygen atoms in total. The topological polar surface area (TPSA) is 50.3 Å². The summed E-state index contributed by atoms with van der Waals surface area (Å²) in [7, 11) is 0. The molecule has 1 saturated carbocycles. The van der Waals surface area contributed by atoms with Crippen molar-refractivity contribution in [3.05, 3.63) is 34.2 Å². The van der Waals surface area contributed by atoms with Crippen LogP contribution >= 0.6 is 0 Å². The molecule has 1 aliphatic heterocycles. The minimum atomic E-state index is 0.0377. The van der Waals surface area contributed by atoms with Crippen molar-refractivity contribution in [2.45, 2.75) is 58.0 Å². The van der Waals surface area contributed by atoms with Crippen LogP contribution in [0.3, 0.4) is 0 Å². The highest BCUT2D eigenvalue weighted by molar-refractivity contribution is 5.76. The van der Waals surface area contributed by atoms with E-state index in [0.29, 0.717) is 11.6 Å². The summed E-state index contributed by atoms with van der Waals surface area (Å²) in [6.07, 6.45) is 4.58. The van der Waals surface area contributed by atoms with E-state index in [0.717, 1.165) is 56.1 Å². The van der Waals surface area contributed by atoms with Gasteiger partial charge in [0.25, 0.3) is 0 Å². The first kappa shape index (κ1) is 17.8. The van der Waals surface area contributed by atoms with Crippen LogP contribution in [0.25, 0.3) is 11.0 Å². The largest absolute Gasteiger partial charge is 0.381 e. The van der Waals surface area contributed by atoms with Gasteiger partial charge >= 0.3 is 5.69 Å². The smallest absolute Gasteiger partial charge is 0.326 e. The molecular formula is C21H31N3O2. The summed E-state index contributed by atoms with van der Waals surface area (Å²) >= 11 is 0. The summed E-state index contributed by atoms with van der Waals surface area (Å²) in [6, 6.07) is 6.51. The van der Waals surface area contributed by atoms with Crippen LogP contribution in [0.1, 0.15) is 51.1 Å². The number of H-pyrrole nitrogens is 1. The molecule has 26 heavy (non-hydrogen) atoms. The number of imidazole rings is 1. The molecule has 2 aromatic rings. The van der Waals surface area contributed by atoms with E-state index in [1.165, 1.54) is 18.4 Å². The predicted molar refractivity (Wildman–Crippen MR) is 105 cm³/mol. The molecule has 0 spiro atoms. The van der Waals surface area contributed by atoms with Crippen LogP contribution in [0.2, 0.25) is 0 Å². The number of likely N-dealkylation sites (tertiary alicyclic amines) is 1. The monoisotopic (exact) mass is 357 g/mol. The van der Waals surface area contributed by atoms with Gasteiger partial charge in [0.05, 0.1) is 11.0 Å². The molecule has 1 saturated heterocycles. The number of aromatic nitrogens is 2. The number of fused-ring (bicyclic) bond motifs is 1. The second-order valence-corrected chi connectivity index (χ2v) is 8.47. The number of ether oxygens (including phenoxy) is 1. The molecular weight excluding hydrogens is 326 g/mol.